The molecule has 0 spiro atoms. The summed E-state index contributed by atoms with van der Waals surface area (Å²) in [5.41, 5.74) is 0.188. The van der Waals surface area contributed by atoms with E-state index in [9.17, 15) is 20.1 Å². The van der Waals surface area contributed by atoms with Gasteiger partial charge in [-0.2, -0.15) is 0 Å². The fourth-order valence-electron chi connectivity index (χ4n) is 6.02. The van der Waals surface area contributed by atoms with Crippen molar-refractivity contribution in [2.45, 2.75) is 56.3 Å². The highest BCUT2D eigenvalue weighted by molar-refractivity contribution is 5.87. The summed E-state index contributed by atoms with van der Waals surface area (Å²) in [5.74, 6) is -0.0947. The topological polar surface area (TPSA) is 81.0 Å². The Kier molecular flexibility index (Phi) is 7.31. The van der Waals surface area contributed by atoms with E-state index in [1.807, 2.05) is 42.5 Å². The van der Waals surface area contributed by atoms with Crippen LogP contribution in [0.25, 0.3) is 0 Å². The van der Waals surface area contributed by atoms with Gasteiger partial charge in [0.05, 0.1) is 27.2 Å². The molecule has 1 aliphatic carbocycles. The number of piperidine rings is 1. The van der Waals surface area contributed by atoms with Crippen LogP contribution in [0.15, 0.2) is 54.6 Å². The molecule has 2 aliphatic rings. The minimum absolute atomic E-state index is 0.00217. The molecule has 3 atom stereocenters. The smallest absolute Gasteiger partial charge is 0.259 e. The Labute approximate surface area is 203 Å². The molecule has 34 heavy (non-hydrogen) atoms. The van der Waals surface area contributed by atoms with Crippen LogP contribution < -0.4 is 0 Å². The molecule has 6 heteroatoms. The van der Waals surface area contributed by atoms with Crippen molar-refractivity contribution in [2.24, 2.45) is 5.92 Å². The number of aromatic hydroxyl groups is 1. The summed E-state index contributed by atoms with van der Waals surface area (Å²) in [7, 11) is 4.24. The van der Waals surface area contributed by atoms with Gasteiger partial charge in [0, 0.05) is 25.3 Å². The molecular weight excluding hydrogens is 428 g/mol. The number of phenolic OH excluding ortho intramolecular Hbond substituents is 1. The molecule has 184 valence electrons. The average Bonchev–Trinajstić information content (AvgIpc) is 3.38. The van der Waals surface area contributed by atoms with Gasteiger partial charge in [0.25, 0.3) is 5.91 Å². The number of amides is 1. The van der Waals surface area contributed by atoms with Crippen LogP contribution in [0.4, 0.5) is 0 Å². The van der Waals surface area contributed by atoms with Crippen LogP contribution in [0.3, 0.4) is 0 Å². The normalized spacial score (nSPS) is 23.6. The number of hydrogen-bond donors (Lipinski definition) is 3. The van der Waals surface area contributed by atoms with E-state index in [2.05, 4.69) is 14.1 Å². The summed E-state index contributed by atoms with van der Waals surface area (Å²) in [4.78, 5) is 15.5. The summed E-state index contributed by atoms with van der Waals surface area (Å²) in [6.07, 6.45) is 4.55. The van der Waals surface area contributed by atoms with Crippen LogP contribution in [0.5, 0.6) is 5.75 Å². The summed E-state index contributed by atoms with van der Waals surface area (Å²) in [5, 5.41) is 32.7. The van der Waals surface area contributed by atoms with Crippen molar-refractivity contribution in [2.75, 3.05) is 33.7 Å². The fraction of sp³-hybridized carbons (Fsp3) is 0.536. The second-order valence-corrected chi connectivity index (χ2v) is 10.7. The summed E-state index contributed by atoms with van der Waals surface area (Å²) >= 11 is 0. The van der Waals surface area contributed by atoms with Crippen molar-refractivity contribution in [3.05, 3.63) is 65.7 Å². The van der Waals surface area contributed by atoms with Gasteiger partial charge in [-0.05, 0) is 36.1 Å². The Morgan fingerprint density at radius 3 is 2.41 bits per heavy atom. The van der Waals surface area contributed by atoms with E-state index in [1.54, 1.807) is 17.0 Å². The van der Waals surface area contributed by atoms with Crippen molar-refractivity contribution >= 4 is 5.91 Å². The number of likely N-dealkylation sites (tertiary alicyclic amines) is 1. The molecule has 3 unspecified atom stereocenters. The number of phenols is 1. The molecule has 2 fully saturated rings. The van der Waals surface area contributed by atoms with Gasteiger partial charge < -0.3 is 24.7 Å². The molecule has 1 aliphatic heterocycles. The number of likely N-dealkylation sites (N-methyl/N-ethyl adjacent to an activating group) is 1. The third-order valence-electron chi connectivity index (χ3n) is 8.10. The number of benzene rings is 2. The Morgan fingerprint density at radius 2 is 1.76 bits per heavy atom. The first-order chi connectivity index (χ1) is 16.2. The first-order valence-electron chi connectivity index (χ1n) is 12.6. The molecule has 0 aromatic heterocycles. The largest absolute Gasteiger partial charge is 0.508 e. The number of rotatable bonds is 7. The third kappa shape index (κ3) is 4.99. The maximum absolute atomic E-state index is 13.8. The zero-order valence-corrected chi connectivity index (χ0v) is 20.4. The maximum atomic E-state index is 13.8. The minimum atomic E-state index is -1.54. The quantitative estimate of drug-likeness (QED) is 0.547. The van der Waals surface area contributed by atoms with E-state index in [4.69, 9.17) is 0 Å². The molecule has 2 aromatic carbocycles. The first-order valence-corrected chi connectivity index (χ1v) is 12.6. The Hall–Kier alpha value is -2.41. The first kappa shape index (κ1) is 24.7. The average molecular weight is 468 g/mol. The molecule has 1 saturated heterocycles. The van der Waals surface area contributed by atoms with E-state index in [-0.39, 0.29) is 30.2 Å². The van der Waals surface area contributed by atoms with E-state index >= 15 is 0 Å². The molecule has 4 rings (SSSR count). The zero-order chi connectivity index (χ0) is 24.3. The number of quaternary nitrogens is 1. The van der Waals surface area contributed by atoms with E-state index in [0.29, 0.717) is 23.0 Å². The number of β-amino-alcohol motifs (C(OH)–C–C–N with tert-alkyl or cyclic N) is 1. The maximum Gasteiger partial charge on any atom is 0.259 e. The van der Waals surface area contributed by atoms with Crippen LogP contribution >= 0.6 is 0 Å². The predicted octanol–water partition coefficient (Wildman–Crippen LogP) is 3.05. The molecule has 1 heterocycles. The van der Waals surface area contributed by atoms with Gasteiger partial charge in [0.1, 0.15) is 17.9 Å². The highest BCUT2D eigenvalue weighted by atomic mass is 16.3. The van der Waals surface area contributed by atoms with Gasteiger partial charge in [0.2, 0.25) is 0 Å². The van der Waals surface area contributed by atoms with Crippen molar-refractivity contribution in [3.8, 4) is 5.75 Å². The second kappa shape index (κ2) is 10.1. The summed E-state index contributed by atoms with van der Waals surface area (Å²) in [6, 6.07) is 16.6. The number of aliphatic hydroxyl groups is 2. The van der Waals surface area contributed by atoms with Crippen molar-refractivity contribution in [1.29, 1.82) is 0 Å². The molecule has 0 bridgehead atoms. The number of nitrogens with zero attached hydrogens (tertiary/aromatic N) is 2. The Morgan fingerprint density at radius 1 is 1.06 bits per heavy atom. The van der Waals surface area contributed by atoms with Gasteiger partial charge >= 0.3 is 0 Å². The van der Waals surface area contributed by atoms with Crippen molar-refractivity contribution in [3.63, 3.8) is 0 Å². The SMILES string of the molecule is C[N+](C)(CCc1cccc(O)c1)C1CCN(C(=O)C(O)(c2ccccc2)C2CCCC2)CC1O. The van der Waals surface area contributed by atoms with Crippen LogP contribution in [0, 0.1) is 5.92 Å². The number of hydrogen-bond acceptors (Lipinski definition) is 4. The molecule has 2 aromatic rings. The number of carbonyl (C=O) groups excluding carboxylic acids is 1. The number of carbonyl (C=O) groups is 1. The van der Waals surface area contributed by atoms with Crippen LogP contribution in [0.2, 0.25) is 0 Å². The lowest BCUT2D eigenvalue weighted by atomic mass is 9.78. The van der Waals surface area contributed by atoms with E-state index < -0.39 is 11.7 Å². The number of aliphatic hydroxyl groups excluding tert-OH is 1. The van der Waals surface area contributed by atoms with Gasteiger partial charge in [-0.3, -0.25) is 4.79 Å². The standard InChI is InChI=1S/C28H38N2O4/c1-30(2,18-16-21-9-8-14-24(31)19-21)25-15-17-29(20-26(25)32)27(33)28(34,23-12-6-7-13-23)22-10-4-3-5-11-22/h3-5,8-11,14,19,23,25-26,32,34H,6-7,12-13,15-18,20H2,1-2H3/p+1. The molecular formula is C28H39N2O4+. The van der Waals surface area contributed by atoms with Crippen molar-refractivity contribution < 1.29 is 24.6 Å². The van der Waals surface area contributed by atoms with E-state index in [0.717, 1.165) is 44.2 Å². The Balaban J connectivity index is 1.45. The lowest BCUT2D eigenvalue weighted by Crippen LogP contribution is -2.64. The third-order valence-corrected chi connectivity index (χ3v) is 8.10. The summed E-state index contributed by atoms with van der Waals surface area (Å²) in [6.45, 7) is 1.57. The summed E-state index contributed by atoms with van der Waals surface area (Å²) < 4.78 is 0.629. The molecule has 6 nitrogen and oxygen atoms in total. The molecule has 1 amide bonds. The minimum Gasteiger partial charge on any atom is -0.508 e. The molecule has 3 N–H and O–H groups in total. The molecule has 1 saturated carbocycles. The molecule has 0 radical (unpaired) electrons. The van der Waals surface area contributed by atoms with E-state index in [1.165, 1.54) is 0 Å². The van der Waals surface area contributed by atoms with Crippen LogP contribution in [-0.2, 0) is 16.8 Å². The van der Waals surface area contributed by atoms with Crippen LogP contribution in [0.1, 0.15) is 43.2 Å². The predicted molar refractivity (Wildman–Crippen MR) is 132 cm³/mol. The zero-order valence-electron chi connectivity index (χ0n) is 20.4. The highest BCUT2D eigenvalue weighted by Gasteiger charge is 2.50. The van der Waals surface area contributed by atoms with Gasteiger partial charge in [-0.25, -0.2) is 0 Å². The Bertz CT molecular complexity index is 973. The van der Waals surface area contributed by atoms with Crippen molar-refractivity contribution in [1.82, 2.24) is 4.90 Å². The van der Waals surface area contributed by atoms with Crippen LogP contribution in [-0.4, -0.2) is 76.5 Å². The second-order valence-electron chi connectivity index (χ2n) is 10.7. The van der Waals surface area contributed by atoms with Gasteiger partial charge in [0.15, 0.2) is 5.60 Å². The lowest BCUT2D eigenvalue weighted by Gasteiger charge is -2.47. The lowest BCUT2D eigenvalue weighted by molar-refractivity contribution is -0.919. The van der Waals surface area contributed by atoms with Gasteiger partial charge in [-0.1, -0.05) is 55.3 Å². The highest BCUT2D eigenvalue weighted by Crippen LogP contribution is 2.42. The monoisotopic (exact) mass is 467 g/mol. The van der Waals surface area contributed by atoms with Gasteiger partial charge in [-0.15, -0.1) is 0 Å². The fourth-order valence-corrected chi connectivity index (χ4v) is 6.02.